The molecule has 1 atom stereocenters. The number of pyridine rings is 1. The minimum Gasteiger partial charge on any atom is -0.493 e. The summed E-state index contributed by atoms with van der Waals surface area (Å²) in [6.07, 6.45) is 3.82. The fraction of sp³-hybridized carbons (Fsp3) is 0.312. The van der Waals surface area contributed by atoms with Crippen molar-refractivity contribution in [1.29, 1.82) is 0 Å². The molecule has 0 radical (unpaired) electrons. The number of ether oxygens (including phenoxy) is 2. The standard InChI is InChI=1S/C16H17NO2/c1-18-15-7-4-5-13-9-12(11-19-16(13)15)10-14-6-2-3-8-17-14/h2-8,12H,9-11H2,1H3/t12-/m0/s1. The summed E-state index contributed by atoms with van der Waals surface area (Å²) in [5.41, 5.74) is 2.36. The van der Waals surface area contributed by atoms with Crippen molar-refractivity contribution in [3.63, 3.8) is 0 Å². The number of hydrogen-bond donors (Lipinski definition) is 0. The van der Waals surface area contributed by atoms with Gasteiger partial charge in [0.2, 0.25) is 0 Å². The zero-order valence-corrected chi connectivity index (χ0v) is 11.0. The van der Waals surface area contributed by atoms with E-state index in [2.05, 4.69) is 17.1 Å². The number of para-hydroxylation sites is 1. The zero-order chi connectivity index (χ0) is 13.1. The minimum absolute atomic E-state index is 0.481. The maximum absolute atomic E-state index is 5.88. The van der Waals surface area contributed by atoms with Gasteiger partial charge in [-0.15, -0.1) is 0 Å². The lowest BCUT2D eigenvalue weighted by atomic mass is 9.92. The summed E-state index contributed by atoms with van der Waals surface area (Å²) in [6, 6.07) is 12.1. The summed E-state index contributed by atoms with van der Waals surface area (Å²) in [5.74, 6) is 2.21. The second kappa shape index (κ2) is 5.31. The van der Waals surface area contributed by atoms with E-state index < -0.39 is 0 Å². The van der Waals surface area contributed by atoms with E-state index in [-0.39, 0.29) is 0 Å². The van der Waals surface area contributed by atoms with E-state index in [0.717, 1.165) is 36.6 Å². The van der Waals surface area contributed by atoms with Crippen molar-refractivity contribution in [1.82, 2.24) is 4.98 Å². The highest BCUT2D eigenvalue weighted by Gasteiger charge is 2.22. The Morgan fingerprint density at radius 1 is 1.26 bits per heavy atom. The van der Waals surface area contributed by atoms with Crippen LogP contribution in [0.5, 0.6) is 11.5 Å². The minimum atomic E-state index is 0.481. The second-order valence-electron chi connectivity index (χ2n) is 4.85. The van der Waals surface area contributed by atoms with Gasteiger partial charge in [0.15, 0.2) is 11.5 Å². The first kappa shape index (κ1) is 12.0. The molecule has 2 aromatic rings. The Labute approximate surface area is 113 Å². The average molecular weight is 255 g/mol. The molecule has 0 fully saturated rings. The van der Waals surface area contributed by atoms with Crippen LogP contribution in [0.15, 0.2) is 42.6 Å². The van der Waals surface area contributed by atoms with E-state index >= 15 is 0 Å². The maximum Gasteiger partial charge on any atom is 0.164 e. The molecule has 1 aliphatic rings. The molecule has 3 heteroatoms. The van der Waals surface area contributed by atoms with E-state index in [9.17, 15) is 0 Å². The van der Waals surface area contributed by atoms with Crippen LogP contribution in [0.3, 0.4) is 0 Å². The Kier molecular flexibility index (Phi) is 3.36. The van der Waals surface area contributed by atoms with Gasteiger partial charge in [0.1, 0.15) is 0 Å². The highest BCUT2D eigenvalue weighted by atomic mass is 16.5. The van der Waals surface area contributed by atoms with Crippen LogP contribution in [-0.2, 0) is 12.8 Å². The molecule has 0 aliphatic carbocycles. The normalized spacial score (nSPS) is 17.4. The number of fused-ring (bicyclic) bond motifs is 1. The van der Waals surface area contributed by atoms with Gasteiger partial charge >= 0.3 is 0 Å². The van der Waals surface area contributed by atoms with Crippen LogP contribution in [0.1, 0.15) is 11.3 Å². The summed E-state index contributed by atoms with van der Waals surface area (Å²) < 4.78 is 11.2. The Hall–Kier alpha value is -2.03. The van der Waals surface area contributed by atoms with Crippen molar-refractivity contribution in [3.05, 3.63) is 53.9 Å². The first-order valence-corrected chi connectivity index (χ1v) is 6.55. The highest BCUT2D eigenvalue weighted by molar-refractivity contribution is 5.47. The van der Waals surface area contributed by atoms with Gasteiger partial charge in [-0.1, -0.05) is 18.2 Å². The van der Waals surface area contributed by atoms with Crippen LogP contribution in [0.25, 0.3) is 0 Å². The van der Waals surface area contributed by atoms with E-state index in [1.165, 1.54) is 5.56 Å². The van der Waals surface area contributed by atoms with Gasteiger partial charge in [-0.3, -0.25) is 4.98 Å². The van der Waals surface area contributed by atoms with Crippen LogP contribution >= 0.6 is 0 Å². The van der Waals surface area contributed by atoms with Gasteiger partial charge in [0, 0.05) is 17.8 Å². The van der Waals surface area contributed by atoms with Crippen molar-refractivity contribution in [3.8, 4) is 11.5 Å². The van der Waals surface area contributed by atoms with Gasteiger partial charge in [0.25, 0.3) is 0 Å². The first-order chi connectivity index (χ1) is 9.36. The summed E-state index contributed by atoms with van der Waals surface area (Å²) in [7, 11) is 1.68. The zero-order valence-electron chi connectivity index (χ0n) is 11.0. The largest absolute Gasteiger partial charge is 0.493 e. The van der Waals surface area contributed by atoms with Gasteiger partial charge in [-0.25, -0.2) is 0 Å². The summed E-state index contributed by atoms with van der Waals surface area (Å²) in [4.78, 5) is 4.38. The quantitative estimate of drug-likeness (QED) is 0.845. The monoisotopic (exact) mass is 255 g/mol. The smallest absolute Gasteiger partial charge is 0.164 e. The van der Waals surface area contributed by atoms with Gasteiger partial charge in [0.05, 0.1) is 13.7 Å². The van der Waals surface area contributed by atoms with Crippen molar-refractivity contribution >= 4 is 0 Å². The number of hydrogen-bond acceptors (Lipinski definition) is 3. The molecule has 0 saturated carbocycles. The second-order valence-corrected chi connectivity index (χ2v) is 4.85. The molecule has 98 valence electrons. The van der Waals surface area contributed by atoms with E-state index in [0.29, 0.717) is 5.92 Å². The van der Waals surface area contributed by atoms with Gasteiger partial charge in [-0.05, 0) is 36.6 Å². The number of methoxy groups -OCH3 is 1. The van der Waals surface area contributed by atoms with Crippen LogP contribution in [0, 0.1) is 5.92 Å². The molecular formula is C16H17NO2. The highest BCUT2D eigenvalue weighted by Crippen LogP contribution is 2.36. The summed E-state index contributed by atoms with van der Waals surface area (Å²) in [5, 5.41) is 0. The molecule has 2 heterocycles. The fourth-order valence-corrected chi connectivity index (χ4v) is 2.56. The average Bonchev–Trinajstić information content (AvgIpc) is 2.47. The lowest BCUT2D eigenvalue weighted by Gasteiger charge is -2.26. The number of rotatable bonds is 3. The summed E-state index contributed by atoms with van der Waals surface area (Å²) in [6.45, 7) is 0.726. The van der Waals surface area contributed by atoms with Crippen molar-refractivity contribution in [2.24, 2.45) is 5.92 Å². The van der Waals surface area contributed by atoms with E-state index in [1.807, 2.05) is 30.5 Å². The number of benzene rings is 1. The molecule has 19 heavy (non-hydrogen) atoms. The van der Waals surface area contributed by atoms with Gasteiger partial charge in [-0.2, -0.15) is 0 Å². The Bertz CT molecular complexity index is 554. The molecule has 0 amide bonds. The Morgan fingerprint density at radius 3 is 3.00 bits per heavy atom. The Morgan fingerprint density at radius 2 is 2.21 bits per heavy atom. The number of aromatic nitrogens is 1. The van der Waals surface area contributed by atoms with Crippen LogP contribution in [-0.4, -0.2) is 18.7 Å². The third-order valence-electron chi connectivity index (χ3n) is 3.48. The van der Waals surface area contributed by atoms with Crippen LogP contribution in [0.2, 0.25) is 0 Å². The summed E-state index contributed by atoms with van der Waals surface area (Å²) >= 11 is 0. The first-order valence-electron chi connectivity index (χ1n) is 6.55. The molecule has 3 nitrogen and oxygen atoms in total. The molecule has 0 spiro atoms. The molecule has 1 aromatic carbocycles. The lowest BCUT2D eigenvalue weighted by Crippen LogP contribution is -2.23. The molecule has 0 N–H and O–H groups in total. The third-order valence-corrected chi connectivity index (χ3v) is 3.48. The molecule has 1 aromatic heterocycles. The molecule has 0 bridgehead atoms. The molecule has 3 rings (SSSR count). The molecule has 0 unspecified atom stereocenters. The van der Waals surface area contributed by atoms with Crippen LogP contribution in [0.4, 0.5) is 0 Å². The van der Waals surface area contributed by atoms with Crippen molar-refractivity contribution in [2.45, 2.75) is 12.8 Å². The lowest BCUT2D eigenvalue weighted by molar-refractivity contribution is 0.210. The molecular weight excluding hydrogens is 238 g/mol. The van der Waals surface area contributed by atoms with Crippen molar-refractivity contribution in [2.75, 3.05) is 13.7 Å². The number of nitrogens with zero attached hydrogens (tertiary/aromatic N) is 1. The predicted molar refractivity (Wildman–Crippen MR) is 73.6 cm³/mol. The van der Waals surface area contributed by atoms with Gasteiger partial charge < -0.3 is 9.47 Å². The maximum atomic E-state index is 5.88. The third kappa shape index (κ3) is 2.55. The SMILES string of the molecule is COc1cccc2c1OC[C@H](Cc1ccccn1)C2. The van der Waals surface area contributed by atoms with Crippen LogP contribution < -0.4 is 9.47 Å². The molecule has 0 saturated heterocycles. The molecule has 1 aliphatic heterocycles. The fourth-order valence-electron chi connectivity index (χ4n) is 2.56. The predicted octanol–water partition coefficient (Wildman–Crippen LogP) is 2.88. The topological polar surface area (TPSA) is 31.4 Å². The Balaban J connectivity index is 1.76. The van der Waals surface area contributed by atoms with E-state index in [4.69, 9.17) is 9.47 Å². The van der Waals surface area contributed by atoms with E-state index in [1.54, 1.807) is 7.11 Å². The van der Waals surface area contributed by atoms with Crippen molar-refractivity contribution < 1.29 is 9.47 Å².